The van der Waals surface area contributed by atoms with Gasteiger partial charge in [0.1, 0.15) is 0 Å². The van der Waals surface area contributed by atoms with Crippen LogP contribution in [0.2, 0.25) is 0 Å². The minimum atomic E-state index is -4.44. The summed E-state index contributed by atoms with van der Waals surface area (Å²) in [7, 11) is 4.06. The maximum atomic E-state index is 12.7. The second kappa shape index (κ2) is 6.82. The maximum absolute atomic E-state index is 12.7. The van der Waals surface area contributed by atoms with Crippen molar-refractivity contribution >= 4 is 0 Å². The molecule has 0 aromatic heterocycles. The van der Waals surface area contributed by atoms with Crippen LogP contribution in [0.25, 0.3) is 11.1 Å². The van der Waals surface area contributed by atoms with Gasteiger partial charge in [0.2, 0.25) is 16.9 Å². The van der Waals surface area contributed by atoms with E-state index in [0.717, 1.165) is 12.1 Å². The topological polar surface area (TPSA) is 44.8 Å². The van der Waals surface area contributed by atoms with Gasteiger partial charge in [-0.15, -0.1) is 0 Å². The van der Waals surface area contributed by atoms with E-state index in [9.17, 15) is 18.0 Å². The molecule has 0 atom stereocenters. The van der Waals surface area contributed by atoms with Crippen molar-refractivity contribution in [2.45, 2.75) is 6.18 Å². The van der Waals surface area contributed by atoms with Gasteiger partial charge < -0.3 is 14.2 Å². The summed E-state index contributed by atoms with van der Waals surface area (Å²) in [5.74, 6) is 0.294. The van der Waals surface area contributed by atoms with Crippen molar-refractivity contribution in [3.05, 3.63) is 52.2 Å². The lowest BCUT2D eigenvalue weighted by Gasteiger charge is -2.08. The molecular weight excluding hydrogens is 325 g/mol. The first-order valence-corrected chi connectivity index (χ1v) is 6.84. The van der Waals surface area contributed by atoms with Gasteiger partial charge >= 0.3 is 6.18 Å². The summed E-state index contributed by atoms with van der Waals surface area (Å²) in [5, 5.41) is 0. The van der Waals surface area contributed by atoms with Crippen LogP contribution in [0, 0.1) is 0 Å². The number of ether oxygens (including phenoxy) is 3. The zero-order valence-corrected chi connectivity index (χ0v) is 13.2. The first-order valence-electron chi connectivity index (χ1n) is 6.84. The Morgan fingerprint density at radius 3 is 1.83 bits per heavy atom. The third kappa shape index (κ3) is 3.29. The fourth-order valence-corrected chi connectivity index (χ4v) is 2.25. The van der Waals surface area contributed by atoms with E-state index >= 15 is 0 Å². The lowest BCUT2D eigenvalue weighted by Crippen LogP contribution is -2.08. The molecule has 0 N–H and O–H groups in total. The second-order valence-corrected chi connectivity index (χ2v) is 4.79. The van der Waals surface area contributed by atoms with Gasteiger partial charge in [-0.3, -0.25) is 4.79 Å². The molecule has 24 heavy (non-hydrogen) atoms. The fourth-order valence-electron chi connectivity index (χ4n) is 2.25. The van der Waals surface area contributed by atoms with Crippen LogP contribution in [-0.4, -0.2) is 21.3 Å². The first kappa shape index (κ1) is 17.7. The average Bonchev–Trinajstić information content (AvgIpc) is 2.69. The molecule has 0 bridgehead atoms. The molecule has 4 nitrogen and oxygen atoms in total. The standard InChI is InChI=1S/C17H15F3O4/c1-22-13-9-8-12(14(21)16(24-3)15(13)23-2)10-4-6-11(7-5-10)17(18,19)20/h4-9H,1-3H3. The van der Waals surface area contributed by atoms with Crippen molar-refractivity contribution in [2.24, 2.45) is 0 Å². The van der Waals surface area contributed by atoms with Crippen molar-refractivity contribution in [3.8, 4) is 28.4 Å². The molecule has 2 aromatic carbocycles. The summed E-state index contributed by atoms with van der Waals surface area (Å²) in [4.78, 5) is 12.6. The monoisotopic (exact) mass is 340 g/mol. The predicted octanol–water partition coefficient (Wildman–Crippen LogP) is 3.76. The zero-order chi connectivity index (χ0) is 17.9. The number of alkyl halides is 3. The molecule has 0 amide bonds. The minimum absolute atomic E-state index is 0.0887. The van der Waals surface area contributed by atoms with E-state index in [1.54, 1.807) is 0 Å². The Bertz CT molecular complexity index is 783. The quantitative estimate of drug-likeness (QED) is 0.850. The molecule has 2 aromatic rings. The highest BCUT2D eigenvalue weighted by atomic mass is 19.4. The molecule has 0 fully saturated rings. The van der Waals surface area contributed by atoms with Crippen molar-refractivity contribution in [1.29, 1.82) is 0 Å². The van der Waals surface area contributed by atoms with E-state index in [4.69, 9.17) is 14.2 Å². The van der Waals surface area contributed by atoms with Crippen molar-refractivity contribution in [2.75, 3.05) is 21.3 Å². The normalized spacial score (nSPS) is 11.1. The molecule has 0 spiro atoms. The van der Waals surface area contributed by atoms with Gasteiger partial charge in [-0.05, 0) is 29.8 Å². The van der Waals surface area contributed by atoms with Gasteiger partial charge in [0.05, 0.1) is 26.9 Å². The number of rotatable bonds is 4. The zero-order valence-electron chi connectivity index (χ0n) is 13.2. The largest absolute Gasteiger partial charge is 0.493 e. The lowest BCUT2D eigenvalue weighted by molar-refractivity contribution is -0.137. The van der Waals surface area contributed by atoms with Crippen LogP contribution < -0.4 is 19.6 Å². The molecule has 0 aliphatic heterocycles. The predicted molar refractivity (Wildman–Crippen MR) is 82.8 cm³/mol. The number of halogens is 3. The summed E-state index contributed by atoms with van der Waals surface area (Å²) < 4.78 is 53.4. The van der Waals surface area contributed by atoms with E-state index in [0.29, 0.717) is 5.56 Å². The van der Waals surface area contributed by atoms with E-state index in [1.807, 2.05) is 0 Å². The van der Waals surface area contributed by atoms with Crippen LogP contribution in [0.5, 0.6) is 17.2 Å². The van der Waals surface area contributed by atoms with Crippen molar-refractivity contribution in [3.63, 3.8) is 0 Å². The van der Waals surface area contributed by atoms with Gasteiger partial charge in [0, 0.05) is 5.56 Å². The Labute approximate surface area is 136 Å². The van der Waals surface area contributed by atoms with E-state index in [-0.39, 0.29) is 22.8 Å². The molecule has 128 valence electrons. The van der Waals surface area contributed by atoms with Gasteiger partial charge in [0.25, 0.3) is 0 Å². The Morgan fingerprint density at radius 2 is 1.38 bits per heavy atom. The van der Waals surface area contributed by atoms with Crippen molar-refractivity contribution < 1.29 is 27.4 Å². The molecule has 0 radical (unpaired) electrons. The minimum Gasteiger partial charge on any atom is -0.493 e. The van der Waals surface area contributed by atoms with Crippen LogP contribution in [0.15, 0.2) is 41.2 Å². The van der Waals surface area contributed by atoms with E-state index in [1.165, 1.54) is 45.6 Å². The molecule has 2 rings (SSSR count). The number of hydrogen-bond acceptors (Lipinski definition) is 4. The van der Waals surface area contributed by atoms with Gasteiger partial charge in [0.15, 0.2) is 5.75 Å². The first-order chi connectivity index (χ1) is 11.3. The summed E-state index contributed by atoms with van der Waals surface area (Å²) >= 11 is 0. The summed E-state index contributed by atoms with van der Waals surface area (Å²) in [6.07, 6.45) is -4.44. The molecule has 0 aliphatic rings. The van der Waals surface area contributed by atoms with Crippen LogP contribution >= 0.6 is 0 Å². The molecule has 0 aliphatic carbocycles. The Kier molecular flexibility index (Phi) is 5.02. The van der Waals surface area contributed by atoms with Crippen molar-refractivity contribution in [1.82, 2.24) is 0 Å². The van der Waals surface area contributed by atoms with E-state index in [2.05, 4.69) is 0 Å². The molecule has 0 heterocycles. The van der Waals surface area contributed by atoms with Gasteiger partial charge in [-0.1, -0.05) is 12.1 Å². The van der Waals surface area contributed by atoms with Crippen LogP contribution in [0.4, 0.5) is 13.2 Å². The third-order valence-electron chi connectivity index (χ3n) is 3.43. The highest BCUT2D eigenvalue weighted by molar-refractivity contribution is 5.68. The SMILES string of the molecule is COc1ccc(-c2ccc(C(F)(F)F)cc2)c(=O)c(OC)c1OC. The Hall–Kier alpha value is -2.70. The fraction of sp³-hybridized carbons (Fsp3) is 0.235. The highest BCUT2D eigenvalue weighted by Gasteiger charge is 2.30. The molecule has 0 saturated heterocycles. The summed E-state index contributed by atoms with van der Waals surface area (Å²) in [5.41, 5.74) is -0.813. The Morgan fingerprint density at radius 1 is 0.792 bits per heavy atom. The van der Waals surface area contributed by atoms with Crippen LogP contribution in [0.1, 0.15) is 5.56 Å². The average molecular weight is 340 g/mol. The number of hydrogen-bond donors (Lipinski definition) is 0. The molecule has 7 heteroatoms. The smallest absolute Gasteiger partial charge is 0.416 e. The molecule has 0 saturated carbocycles. The highest BCUT2D eigenvalue weighted by Crippen LogP contribution is 2.35. The van der Waals surface area contributed by atoms with Gasteiger partial charge in [-0.25, -0.2) is 0 Å². The van der Waals surface area contributed by atoms with Crippen LogP contribution in [-0.2, 0) is 6.18 Å². The van der Waals surface area contributed by atoms with Crippen LogP contribution in [0.3, 0.4) is 0 Å². The molecular formula is C17H15F3O4. The second-order valence-electron chi connectivity index (χ2n) is 4.79. The van der Waals surface area contributed by atoms with E-state index < -0.39 is 17.2 Å². The number of methoxy groups -OCH3 is 3. The molecule has 0 unspecified atom stereocenters. The maximum Gasteiger partial charge on any atom is 0.416 e. The third-order valence-corrected chi connectivity index (χ3v) is 3.43. The Balaban J connectivity index is 2.68. The number of benzene rings is 1. The lowest BCUT2D eigenvalue weighted by atomic mass is 10.0. The summed E-state index contributed by atoms with van der Waals surface area (Å²) in [6, 6.07) is 7.26. The van der Waals surface area contributed by atoms with Gasteiger partial charge in [-0.2, -0.15) is 13.2 Å². The summed E-state index contributed by atoms with van der Waals surface area (Å²) in [6.45, 7) is 0.